The second kappa shape index (κ2) is 8.95. The third kappa shape index (κ3) is 3.48. The highest BCUT2D eigenvalue weighted by atomic mass is 79.9. The first-order valence-electron chi connectivity index (χ1n) is 11.7. The first-order valence-corrected chi connectivity index (χ1v) is 13.3. The van der Waals surface area contributed by atoms with E-state index >= 15 is 0 Å². The smallest absolute Gasteiger partial charge is 0.352 e. The minimum atomic E-state index is -0.710. The van der Waals surface area contributed by atoms with Crippen molar-refractivity contribution in [1.29, 1.82) is 0 Å². The highest BCUT2D eigenvalue weighted by molar-refractivity contribution is 9.12. The molecule has 38 heavy (non-hydrogen) atoms. The molecular formula is C27H19Br2N3O6. The summed E-state index contributed by atoms with van der Waals surface area (Å²) in [5.41, 5.74) is 1.30. The number of aromatic hydroxyl groups is 1. The monoisotopic (exact) mass is 639 g/mol. The van der Waals surface area contributed by atoms with E-state index in [1.807, 2.05) is 6.08 Å². The maximum atomic E-state index is 13.7. The average molecular weight is 641 g/mol. The molecule has 3 aliphatic rings. The Labute approximate surface area is 232 Å². The molecular weight excluding hydrogens is 622 g/mol. The van der Waals surface area contributed by atoms with Crippen LogP contribution in [0.2, 0.25) is 0 Å². The van der Waals surface area contributed by atoms with Crippen molar-refractivity contribution in [3.8, 4) is 17.2 Å². The number of halogens is 2. The number of phenols is 1. The molecule has 192 valence electrons. The summed E-state index contributed by atoms with van der Waals surface area (Å²) >= 11 is 6.56. The number of ether oxygens (including phenoxy) is 1. The van der Waals surface area contributed by atoms with Crippen molar-refractivity contribution >= 4 is 43.4 Å². The van der Waals surface area contributed by atoms with E-state index < -0.39 is 23.3 Å². The summed E-state index contributed by atoms with van der Waals surface area (Å²) in [7, 11) is 1.42. The molecule has 0 fully saturated rings. The number of methoxy groups -OCH3 is 1. The van der Waals surface area contributed by atoms with Crippen LogP contribution in [0.15, 0.2) is 89.9 Å². The summed E-state index contributed by atoms with van der Waals surface area (Å²) in [6.07, 6.45) is 3.17. The van der Waals surface area contributed by atoms with E-state index in [9.17, 15) is 24.3 Å². The van der Waals surface area contributed by atoms with Gasteiger partial charge in [-0.1, -0.05) is 24.3 Å². The molecule has 2 aliphatic carbocycles. The Morgan fingerprint density at radius 1 is 1.03 bits per heavy atom. The molecule has 3 aromatic rings. The maximum absolute atomic E-state index is 13.7. The molecule has 0 spiro atoms. The zero-order valence-corrected chi connectivity index (χ0v) is 23.0. The fraction of sp³-hybridized carbons (Fsp3) is 0.185. The molecule has 1 aliphatic heterocycles. The van der Waals surface area contributed by atoms with Crippen molar-refractivity contribution < 1.29 is 19.4 Å². The van der Waals surface area contributed by atoms with Crippen LogP contribution in [0, 0.1) is 0 Å². The van der Waals surface area contributed by atoms with E-state index in [1.54, 1.807) is 42.5 Å². The van der Waals surface area contributed by atoms with Crippen LogP contribution in [0.5, 0.6) is 11.5 Å². The molecule has 1 aromatic heterocycles. The Balaban J connectivity index is 1.61. The number of aromatic nitrogens is 3. The van der Waals surface area contributed by atoms with Gasteiger partial charge in [0, 0.05) is 29.6 Å². The average Bonchev–Trinajstić information content (AvgIpc) is 3.17. The number of Topliss-reactive ketones (excluding diaryl/α,β-unsaturated/α-hetero) is 1. The van der Waals surface area contributed by atoms with Gasteiger partial charge in [0.05, 0.1) is 34.3 Å². The molecule has 1 N–H and O–H groups in total. The van der Waals surface area contributed by atoms with Crippen molar-refractivity contribution in [2.45, 2.75) is 24.9 Å². The van der Waals surface area contributed by atoms with Gasteiger partial charge in [0.15, 0.2) is 23.1 Å². The van der Waals surface area contributed by atoms with Crippen molar-refractivity contribution in [2.75, 3.05) is 7.11 Å². The number of hydrogen-bond donors (Lipinski definition) is 1. The number of hydrogen-bond acceptors (Lipinski definition) is 6. The van der Waals surface area contributed by atoms with E-state index in [1.165, 1.54) is 22.5 Å². The lowest BCUT2D eigenvalue weighted by molar-refractivity contribution is -0.115. The fourth-order valence-corrected chi connectivity index (χ4v) is 6.48. The number of phenolic OH excluding ortho intramolecular Hbond substituents is 1. The SMILES string of the molecule is COc1cc([C@H]2C3=CCn4c(=O)n(-c5ccccc5)c(=O)n4[C@@H]3CC3=C2C(=O)C=C(Br)C3=O)cc(Br)c1O. The zero-order chi connectivity index (χ0) is 26.9. The van der Waals surface area contributed by atoms with Gasteiger partial charge in [0.1, 0.15) is 0 Å². The van der Waals surface area contributed by atoms with E-state index in [-0.39, 0.29) is 46.1 Å². The molecule has 2 heterocycles. The summed E-state index contributed by atoms with van der Waals surface area (Å²) in [6.45, 7) is 0.108. The molecule has 0 amide bonds. The van der Waals surface area contributed by atoms with Crippen LogP contribution in [0.4, 0.5) is 0 Å². The van der Waals surface area contributed by atoms with Crippen LogP contribution in [-0.4, -0.2) is 37.7 Å². The predicted molar refractivity (Wildman–Crippen MR) is 145 cm³/mol. The second-order valence-corrected chi connectivity index (χ2v) is 10.9. The van der Waals surface area contributed by atoms with Gasteiger partial charge in [-0.25, -0.2) is 23.5 Å². The number of benzene rings is 2. The van der Waals surface area contributed by atoms with E-state index in [0.29, 0.717) is 26.9 Å². The number of rotatable bonds is 3. The van der Waals surface area contributed by atoms with Crippen LogP contribution < -0.4 is 16.1 Å². The molecule has 2 aromatic carbocycles. The summed E-state index contributed by atoms with van der Waals surface area (Å²) < 4.78 is 9.69. The first-order chi connectivity index (χ1) is 18.2. The van der Waals surface area contributed by atoms with E-state index in [2.05, 4.69) is 31.9 Å². The topological polar surface area (TPSA) is 113 Å². The molecule has 0 saturated carbocycles. The molecule has 0 unspecified atom stereocenters. The van der Waals surface area contributed by atoms with Gasteiger partial charge in [0.25, 0.3) is 0 Å². The van der Waals surface area contributed by atoms with Crippen LogP contribution in [0.3, 0.4) is 0 Å². The number of fused-ring (bicyclic) bond motifs is 3. The molecule has 11 heteroatoms. The summed E-state index contributed by atoms with van der Waals surface area (Å²) in [4.78, 5) is 53.7. The van der Waals surface area contributed by atoms with Gasteiger partial charge in [-0.05, 0) is 67.3 Å². The third-order valence-electron chi connectivity index (χ3n) is 7.22. The van der Waals surface area contributed by atoms with Crippen LogP contribution in [-0.2, 0) is 16.1 Å². The Kier molecular flexibility index (Phi) is 5.80. The minimum absolute atomic E-state index is 0.0692. The Bertz CT molecular complexity index is 1770. The fourth-order valence-electron chi connectivity index (χ4n) is 5.57. The quantitative estimate of drug-likeness (QED) is 0.345. The number of carbonyl (C=O) groups excluding carboxylic acids is 2. The van der Waals surface area contributed by atoms with Crippen LogP contribution in [0.25, 0.3) is 5.69 Å². The largest absolute Gasteiger partial charge is 0.503 e. The van der Waals surface area contributed by atoms with Gasteiger partial charge in [-0.15, -0.1) is 0 Å². The van der Waals surface area contributed by atoms with Gasteiger partial charge in [-0.3, -0.25) is 9.59 Å². The van der Waals surface area contributed by atoms with Gasteiger partial charge in [-0.2, -0.15) is 0 Å². The highest BCUT2D eigenvalue weighted by Gasteiger charge is 2.45. The van der Waals surface area contributed by atoms with Crippen molar-refractivity contribution in [3.63, 3.8) is 0 Å². The molecule has 2 atom stereocenters. The van der Waals surface area contributed by atoms with E-state index in [4.69, 9.17) is 4.74 Å². The van der Waals surface area contributed by atoms with Crippen LogP contribution in [0.1, 0.15) is 23.9 Å². The number of ketones is 2. The van der Waals surface area contributed by atoms with Crippen molar-refractivity contribution in [3.05, 3.63) is 107 Å². The molecule has 9 nitrogen and oxygen atoms in total. The van der Waals surface area contributed by atoms with Crippen molar-refractivity contribution in [1.82, 2.24) is 13.9 Å². The Morgan fingerprint density at radius 2 is 1.76 bits per heavy atom. The summed E-state index contributed by atoms with van der Waals surface area (Å²) in [6, 6.07) is 11.2. The van der Waals surface area contributed by atoms with Crippen LogP contribution >= 0.6 is 31.9 Å². The maximum Gasteiger partial charge on any atom is 0.352 e. The molecule has 0 saturated heterocycles. The number of carbonyl (C=O) groups is 2. The highest BCUT2D eigenvalue weighted by Crippen LogP contribution is 2.51. The first kappa shape index (κ1) is 24.6. The number of allylic oxidation sites excluding steroid dienone is 6. The normalized spacial score (nSPS) is 20.4. The third-order valence-corrected chi connectivity index (χ3v) is 8.41. The molecule has 0 bridgehead atoms. The van der Waals surface area contributed by atoms with Gasteiger partial charge in [0.2, 0.25) is 0 Å². The predicted octanol–water partition coefficient (Wildman–Crippen LogP) is 3.67. The summed E-state index contributed by atoms with van der Waals surface area (Å²) in [5, 5.41) is 10.4. The lowest BCUT2D eigenvalue weighted by Crippen LogP contribution is -2.40. The van der Waals surface area contributed by atoms with Gasteiger partial charge < -0.3 is 9.84 Å². The number of para-hydroxylation sites is 1. The van der Waals surface area contributed by atoms with Gasteiger partial charge >= 0.3 is 11.4 Å². The van der Waals surface area contributed by atoms with Crippen molar-refractivity contribution in [2.24, 2.45) is 0 Å². The standard InChI is InChI=1S/C27H19Br2N3O6/c1-38-21-10-13(9-17(28)25(21)35)22-15-7-8-30-26(36)31(14-5-3-2-4-6-14)27(37)32(30)19(15)11-16-23(22)20(33)12-18(29)24(16)34/h2-7,9-10,12,19,22,35H,8,11H2,1H3/t19-,22+/m1/s1. The Hall–Kier alpha value is -3.70. The lowest BCUT2D eigenvalue weighted by atomic mass is 9.69. The molecule has 6 rings (SSSR count). The Morgan fingerprint density at radius 3 is 2.47 bits per heavy atom. The van der Waals surface area contributed by atoms with E-state index in [0.717, 1.165) is 4.57 Å². The molecule has 0 radical (unpaired) electrons. The lowest BCUT2D eigenvalue weighted by Gasteiger charge is -2.39. The zero-order valence-electron chi connectivity index (χ0n) is 19.9. The summed E-state index contributed by atoms with van der Waals surface area (Å²) in [5.74, 6) is -1.29. The second-order valence-electron chi connectivity index (χ2n) is 9.15. The minimum Gasteiger partial charge on any atom is -0.503 e. The number of nitrogens with zero attached hydrogens (tertiary/aromatic N) is 3.